The van der Waals surface area contributed by atoms with Crippen LogP contribution in [0, 0.1) is 5.82 Å². The summed E-state index contributed by atoms with van der Waals surface area (Å²) in [5.74, 6) is -0.366. The summed E-state index contributed by atoms with van der Waals surface area (Å²) in [6.07, 6.45) is -4.47. The summed E-state index contributed by atoms with van der Waals surface area (Å²) in [6.45, 7) is 0.0600. The van der Waals surface area contributed by atoms with Gasteiger partial charge >= 0.3 is 12.2 Å². The topological polar surface area (TPSA) is 69.0 Å². The molecule has 0 radical (unpaired) electrons. The van der Waals surface area contributed by atoms with Crippen molar-refractivity contribution in [2.45, 2.75) is 12.8 Å². The van der Waals surface area contributed by atoms with Gasteiger partial charge in [0.25, 0.3) is 5.91 Å². The second-order valence-electron chi connectivity index (χ2n) is 8.10. The van der Waals surface area contributed by atoms with Gasteiger partial charge in [0, 0.05) is 11.3 Å². The molecule has 1 N–H and O–H groups in total. The number of hydrogen-bond acceptors (Lipinski definition) is 5. The Balaban J connectivity index is 1.43. The first-order valence-electron chi connectivity index (χ1n) is 11.2. The van der Waals surface area contributed by atoms with Crippen molar-refractivity contribution in [3.8, 4) is 23.1 Å². The van der Waals surface area contributed by atoms with E-state index in [2.05, 4.69) is 15.4 Å². The fourth-order valence-electron chi connectivity index (χ4n) is 3.54. The highest BCUT2D eigenvalue weighted by Crippen LogP contribution is 2.32. The quantitative estimate of drug-likeness (QED) is 0.227. The minimum absolute atomic E-state index is 0.0145. The standard InChI is InChI=1S/C27H18F4N4O2S/c28-20-9-3-17(4-10-20)16-37-26-33-24(18-5-7-19(8-6-18)27(29,30)31)35(34-26)22-13-11-21(12-14-22)32-25(36)23-2-1-15-38-23/h1-15H,16H2,(H,32,36). The molecule has 0 fully saturated rings. The van der Waals surface area contributed by atoms with Crippen LogP contribution in [0.25, 0.3) is 17.1 Å². The first-order chi connectivity index (χ1) is 18.3. The lowest BCUT2D eigenvalue weighted by Crippen LogP contribution is -2.10. The number of hydrogen-bond donors (Lipinski definition) is 1. The molecular weight excluding hydrogens is 520 g/mol. The monoisotopic (exact) mass is 538 g/mol. The van der Waals surface area contributed by atoms with Crippen LogP contribution in [0.4, 0.5) is 23.2 Å². The SMILES string of the molecule is O=C(Nc1ccc(-n2nc(OCc3ccc(F)cc3)nc2-c2ccc(C(F)(F)F)cc2)cc1)c1cccs1. The zero-order valence-electron chi connectivity index (χ0n) is 19.4. The van der Waals surface area contributed by atoms with Crippen LogP contribution in [-0.2, 0) is 12.8 Å². The average Bonchev–Trinajstić information content (AvgIpc) is 3.59. The smallest absolute Gasteiger partial charge is 0.416 e. The highest BCUT2D eigenvalue weighted by atomic mass is 32.1. The fraction of sp³-hybridized carbons (Fsp3) is 0.0741. The molecule has 1 amide bonds. The Hall–Kier alpha value is -4.51. The molecule has 6 nitrogen and oxygen atoms in total. The van der Waals surface area contributed by atoms with Crippen LogP contribution in [0.1, 0.15) is 20.8 Å². The van der Waals surface area contributed by atoms with Crippen LogP contribution in [0.5, 0.6) is 6.01 Å². The van der Waals surface area contributed by atoms with Gasteiger partial charge in [-0.2, -0.15) is 18.2 Å². The molecule has 0 saturated heterocycles. The third-order valence-electron chi connectivity index (χ3n) is 5.45. The predicted octanol–water partition coefficient (Wildman–Crippen LogP) is 6.99. The van der Waals surface area contributed by atoms with E-state index in [4.69, 9.17) is 4.74 Å². The van der Waals surface area contributed by atoms with E-state index in [0.29, 0.717) is 27.4 Å². The third kappa shape index (κ3) is 5.73. The maximum Gasteiger partial charge on any atom is 0.416 e. The van der Waals surface area contributed by atoms with Gasteiger partial charge in [-0.15, -0.1) is 16.4 Å². The van der Waals surface area contributed by atoms with E-state index in [1.54, 1.807) is 53.9 Å². The summed E-state index contributed by atoms with van der Waals surface area (Å²) in [4.78, 5) is 17.3. The first kappa shape index (κ1) is 25.2. The Kier molecular flexibility index (Phi) is 6.93. The number of ether oxygens (including phenoxy) is 1. The van der Waals surface area contributed by atoms with E-state index in [1.165, 1.54) is 40.3 Å². The number of thiophene rings is 1. The molecule has 5 aromatic rings. The van der Waals surface area contributed by atoms with E-state index in [-0.39, 0.29) is 30.2 Å². The summed E-state index contributed by atoms with van der Waals surface area (Å²) in [6, 6.07) is 20.5. The molecule has 0 aliphatic carbocycles. The van der Waals surface area contributed by atoms with Crippen molar-refractivity contribution in [2.24, 2.45) is 0 Å². The Morgan fingerprint density at radius 3 is 2.29 bits per heavy atom. The lowest BCUT2D eigenvalue weighted by atomic mass is 10.1. The van der Waals surface area contributed by atoms with Crippen molar-refractivity contribution in [3.05, 3.63) is 112 Å². The number of carbonyl (C=O) groups is 1. The van der Waals surface area contributed by atoms with Crippen molar-refractivity contribution < 1.29 is 27.1 Å². The molecule has 0 aliphatic rings. The van der Waals surface area contributed by atoms with Crippen LogP contribution in [0.15, 0.2) is 90.3 Å². The number of benzene rings is 3. The van der Waals surface area contributed by atoms with E-state index in [9.17, 15) is 22.4 Å². The van der Waals surface area contributed by atoms with Crippen molar-refractivity contribution in [3.63, 3.8) is 0 Å². The summed E-state index contributed by atoms with van der Waals surface area (Å²) in [7, 11) is 0. The summed E-state index contributed by atoms with van der Waals surface area (Å²) >= 11 is 1.32. The highest BCUT2D eigenvalue weighted by molar-refractivity contribution is 7.12. The second-order valence-corrected chi connectivity index (χ2v) is 9.05. The molecule has 5 rings (SSSR count). The van der Waals surface area contributed by atoms with Gasteiger partial charge in [-0.25, -0.2) is 9.07 Å². The van der Waals surface area contributed by atoms with E-state index in [1.807, 2.05) is 0 Å². The lowest BCUT2D eigenvalue weighted by molar-refractivity contribution is -0.137. The van der Waals surface area contributed by atoms with Gasteiger partial charge in [-0.3, -0.25) is 4.79 Å². The molecule has 0 bridgehead atoms. The van der Waals surface area contributed by atoms with Crippen molar-refractivity contribution in [1.82, 2.24) is 14.8 Å². The Morgan fingerprint density at radius 2 is 1.66 bits per heavy atom. The molecule has 2 heterocycles. The van der Waals surface area contributed by atoms with Crippen molar-refractivity contribution in [1.29, 1.82) is 0 Å². The number of halogens is 4. The van der Waals surface area contributed by atoms with Gasteiger partial charge in [0.1, 0.15) is 12.4 Å². The molecule has 0 unspecified atom stereocenters. The van der Waals surface area contributed by atoms with Gasteiger partial charge < -0.3 is 10.1 Å². The number of aromatic nitrogens is 3. The summed E-state index contributed by atoms with van der Waals surface area (Å²) in [5.41, 5.74) is 1.38. The number of nitrogens with zero attached hydrogens (tertiary/aromatic N) is 3. The normalized spacial score (nSPS) is 11.4. The molecule has 38 heavy (non-hydrogen) atoms. The predicted molar refractivity (Wildman–Crippen MR) is 135 cm³/mol. The maximum absolute atomic E-state index is 13.2. The molecule has 0 aliphatic heterocycles. The average molecular weight is 539 g/mol. The molecule has 0 spiro atoms. The second kappa shape index (κ2) is 10.5. The van der Waals surface area contributed by atoms with Crippen LogP contribution >= 0.6 is 11.3 Å². The van der Waals surface area contributed by atoms with Gasteiger partial charge in [-0.05, 0) is 65.5 Å². The van der Waals surface area contributed by atoms with E-state index < -0.39 is 11.7 Å². The summed E-state index contributed by atoms with van der Waals surface area (Å²) in [5, 5.41) is 9.01. The number of anilines is 1. The molecule has 192 valence electrons. The minimum atomic E-state index is -4.47. The molecule has 11 heteroatoms. The Morgan fingerprint density at radius 1 is 0.947 bits per heavy atom. The molecule has 3 aromatic carbocycles. The number of alkyl halides is 3. The minimum Gasteiger partial charge on any atom is -0.457 e. The number of amides is 1. The van der Waals surface area contributed by atoms with Crippen LogP contribution in [-0.4, -0.2) is 20.7 Å². The molecule has 2 aromatic heterocycles. The van der Waals surface area contributed by atoms with Gasteiger partial charge in [0.15, 0.2) is 5.82 Å². The van der Waals surface area contributed by atoms with E-state index in [0.717, 1.165) is 12.1 Å². The zero-order chi connectivity index (χ0) is 26.7. The van der Waals surface area contributed by atoms with Crippen molar-refractivity contribution in [2.75, 3.05) is 5.32 Å². The van der Waals surface area contributed by atoms with Crippen LogP contribution < -0.4 is 10.1 Å². The molecule has 0 atom stereocenters. The van der Waals surface area contributed by atoms with Gasteiger partial charge in [0.2, 0.25) is 0 Å². The largest absolute Gasteiger partial charge is 0.457 e. The zero-order valence-corrected chi connectivity index (χ0v) is 20.3. The molecular formula is C27H18F4N4O2S. The van der Waals surface area contributed by atoms with Gasteiger partial charge in [-0.1, -0.05) is 30.3 Å². The first-order valence-corrected chi connectivity index (χ1v) is 12.1. The fourth-order valence-corrected chi connectivity index (χ4v) is 4.16. The number of nitrogens with one attached hydrogen (secondary N) is 1. The number of rotatable bonds is 7. The van der Waals surface area contributed by atoms with Crippen LogP contribution in [0.3, 0.4) is 0 Å². The van der Waals surface area contributed by atoms with E-state index >= 15 is 0 Å². The molecule has 0 saturated carbocycles. The third-order valence-corrected chi connectivity index (χ3v) is 6.32. The Bertz CT molecular complexity index is 1530. The van der Waals surface area contributed by atoms with Gasteiger partial charge in [0.05, 0.1) is 16.1 Å². The Labute approximate surface area is 218 Å². The maximum atomic E-state index is 13.2. The summed E-state index contributed by atoms with van der Waals surface area (Å²) < 4.78 is 59.5. The van der Waals surface area contributed by atoms with Crippen LogP contribution in [0.2, 0.25) is 0 Å². The lowest BCUT2D eigenvalue weighted by Gasteiger charge is -2.09. The number of carbonyl (C=O) groups excluding carboxylic acids is 1. The highest BCUT2D eigenvalue weighted by Gasteiger charge is 2.30. The van der Waals surface area contributed by atoms with Crippen molar-refractivity contribution >= 4 is 22.9 Å².